The Labute approximate surface area is 161 Å². The van der Waals surface area contributed by atoms with Crippen molar-refractivity contribution in [1.82, 2.24) is 14.6 Å². The summed E-state index contributed by atoms with van der Waals surface area (Å²) in [4.78, 5) is 29.0. The van der Waals surface area contributed by atoms with Crippen molar-refractivity contribution in [3.05, 3.63) is 101 Å². The molecule has 0 amide bonds. The van der Waals surface area contributed by atoms with Gasteiger partial charge in [0.15, 0.2) is 0 Å². The molecule has 4 rings (SSSR count). The number of rotatable bonds is 3. The Hall–Kier alpha value is -2.90. The van der Waals surface area contributed by atoms with Crippen molar-refractivity contribution >= 4 is 34.0 Å². The highest BCUT2D eigenvalue weighted by Gasteiger charge is 2.11. The van der Waals surface area contributed by atoms with Gasteiger partial charge in [-0.25, -0.2) is 4.39 Å². The molecule has 134 valence electrons. The van der Waals surface area contributed by atoms with Crippen LogP contribution in [-0.2, 0) is 6.42 Å². The van der Waals surface area contributed by atoms with E-state index in [4.69, 9.17) is 11.6 Å². The summed E-state index contributed by atoms with van der Waals surface area (Å²) in [6.45, 7) is 0. The van der Waals surface area contributed by atoms with E-state index in [1.54, 1.807) is 42.5 Å². The molecule has 0 N–H and O–H groups in total. The first-order valence-electron chi connectivity index (χ1n) is 7.94. The molecule has 0 aliphatic rings. The topological polar surface area (TPSA) is 64.3 Å². The number of aromatic nitrogens is 3. The lowest BCUT2D eigenvalue weighted by Crippen LogP contribution is -2.28. The van der Waals surface area contributed by atoms with Crippen LogP contribution >= 0.6 is 22.9 Å². The molecule has 4 aromatic rings. The minimum Gasteiger partial charge on any atom is -0.266 e. The first-order chi connectivity index (χ1) is 13.0. The summed E-state index contributed by atoms with van der Waals surface area (Å²) < 4.78 is 14.8. The number of hydrogen-bond acceptors (Lipinski definition) is 5. The zero-order chi connectivity index (χ0) is 19.0. The Balaban J connectivity index is 1.80. The van der Waals surface area contributed by atoms with E-state index in [1.165, 1.54) is 12.1 Å². The lowest BCUT2D eigenvalue weighted by Gasteiger charge is -2.00. The number of thiazole rings is 1. The molecule has 8 heteroatoms. The van der Waals surface area contributed by atoms with Crippen LogP contribution in [0.25, 0.3) is 11.0 Å². The lowest BCUT2D eigenvalue weighted by atomic mass is 10.1. The maximum atomic E-state index is 13.3. The lowest BCUT2D eigenvalue weighted by molar-refractivity contribution is 0.627. The van der Waals surface area contributed by atoms with E-state index in [-0.39, 0.29) is 17.1 Å². The number of fused-ring (bicyclic) bond motifs is 1. The average Bonchev–Trinajstić information content (AvgIpc) is 2.92. The van der Waals surface area contributed by atoms with Gasteiger partial charge in [0, 0.05) is 11.4 Å². The van der Waals surface area contributed by atoms with Gasteiger partial charge >= 0.3 is 0 Å². The minimum atomic E-state index is -0.483. The number of halogens is 2. The van der Waals surface area contributed by atoms with Crippen LogP contribution in [0.15, 0.2) is 58.1 Å². The average molecular weight is 400 g/mol. The zero-order valence-corrected chi connectivity index (χ0v) is 15.3. The highest BCUT2D eigenvalue weighted by Crippen LogP contribution is 2.11. The van der Waals surface area contributed by atoms with Gasteiger partial charge in [-0.3, -0.25) is 9.59 Å². The summed E-state index contributed by atoms with van der Waals surface area (Å²) in [6, 6.07) is 12.9. The predicted octanol–water partition coefficient (Wildman–Crippen LogP) is 2.44. The molecule has 5 nitrogen and oxygen atoms in total. The van der Waals surface area contributed by atoms with Crippen LogP contribution < -0.4 is 15.7 Å². The van der Waals surface area contributed by atoms with Crippen molar-refractivity contribution in [2.75, 3.05) is 0 Å². The molecule has 0 spiro atoms. The van der Waals surface area contributed by atoms with Crippen molar-refractivity contribution in [3.8, 4) is 0 Å². The molecule has 0 unspecified atom stereocenters. The van der Waals surface area contributed by atoms with Crippen LogP contribution in [0.2, 0.25) is 5.02 Å². The molecule has 0 radical (unpaired) electrons. The Bertz CT molecular complexity index is 1320. The van der Waals surface area contributed by atoms with Gasteiger partial charge < -0.3 is 0 Å². The quantitative estimate of drug-likeness (QED) is 0.531. The van der Waals surface area contributed by atoms with E-state index in [2.05, 4.69) is 10.1 Å². The van der Waals surface area contributed by atoms with E-state index in [1.807, 2.05) is 0 Å². The second-order valence-corrected chi connectivity index (χ2v) is 7.28. The molecule has 0 saturated heterocycles. The second kappa shape index (κ2) is 7.02. The van der Waals surface area contributed by atoms with Gasteiger partial charge in [0.25, 0.3) is 11.1 Å². The summed E-state index contributed by atoms with van der Waals surface area (Å²) in [6.07, 6.45) is 1.79. The van der Waals surface area contributed by atoms with Crippen LogP contribution in [0, 0.1) is 5.82 Å². The molecule has 2 aromatic heterocycles. The standard InChI is InChI=1S/C19H11ClFN3O2S/c20-13-6-4-11(5-7-13)9-15-17(25)22-19-24(23-15)18(26)16(27-19)10-12-2-1-3-14(21)8-12/h1-8,10H,9H2. The van der Waals surface area contributed by atoms with Gasteiger partial charge in [-0.05, 0) is 41.5 Å². The third-order valence-electron chi connectivity index (χ3n) is 3.88. The SMILES string of the molecule is O=c1nc2sc(=Cc3cccc(F)c3)c(=O)n2nc1Cc1ccc(Cl)cc1. The van der Waals surface area contributed by atoms with Gasteiger partial charge in [-0.2, -0.15) is 14.6 Å². The summed E-state index contributed by atoms with van der Waals surface area (Å²) in [7, 11) is 0. The van der Waals surface area contributed by atoms with E-state index < -0.39 is 16.9 Å². The van der Waals surface area contributed by atoms with E-state index in [9.17, 15) is 14.0 Å². The van der Waals surface area contributed by atoms with Crippen molar-refractivity contribution in [3.63, 3.8) is 0 Å². The van der Waals surface area contributed by atoms with Crippen molar-refractivity contribution in [1.29, 1.82) is 0 Å². The second-order valence-electron chi connectivity index (χ2n) is 5.83. The first-order valence-corrected chi connectivity index (χ1v) is 9.13. The maximum absolute atomic E-state index is 13.3. The number of nitrogens with zero attached hydrogens (tertiary/aromatic N) is 3. The molecular weight excluding hydrogens is 389 g/mol. The summed E-state index contributed by atoms with van der Waals surface area (Å²) in [5.74, 6) is -0.395. The maximum Gasteiger partial charge on any atom is 0.296 e. The normalized spacial score (nSPS) is 12.0. The number of hydrogen-bond donors (Lipinski definition) is 0. The molecule has 0 aliphatic carbocycles. The zero-order valence-electron chi connectivity index (χ0n) is 13.7. The van der Waals surface area contributed by atoms with Gasteiger partial charge in [0.1, 0.15) is 11.5 Å². The van der Waals surface area contributed by atoms with Gasteiger partial charge in [-0.1, -0.05) is 47.2 Å². The fraction of sp³-hybridized carbons (Fsp3) is 0.0526. The highest BCUT2D eigenvalue weighted by atomic mass is 35.5. The minimum absolute atomic E-state index is 0.169. The molecular formula is C19H11ClFN3O2S. The fourth-order valence-corrected chi connectivity index (χ4v) is 3.63. The van der Waals surface area contributed by atoms with Crippen LogP contribution in [0.1, 0.15) is 16.8 Å². The molecule has 0 aliphatic heterocycles. The van der Waals surface area contributed by atoms with Crippen LogP contribution in [-0.4, -0.2) is 14.6 Å². The molecule has 2 aromatic carbocycles. The fourth-order valence-electron chi connectivity index (χ4n) is 2.60. The van der Waals surface area contributed by atoms with Crippen molar-refractivity contribution in [2.24, 2.45) is 0 Å². The summed E-state index contributed by atoms with van der Waals surface area (Å²) >= 11 is 6.90. The molecule has 2 heterocycles. The largest absolute Gasteiger partial charge is 0.296 e. The molecule has 0 fully saturated rings. The smallest absolute Gasteiger partial charge is 0.266 e. The molecule has 0 saturated carbocycles. The van der Waals surface area contributed by atoms with E-state index >= 15 is 0 Å². The monoisotopic (exact) mass is 399 g/mol. The van der Waals surface area contributed by atoms with E-state index in [0.29, 0.717) is 15.1 Å². The number of benzene rings is 2. The van der Waals surface area contributed by atoms with Crippen molar-refractivity contribution in [2.45, 2.75) is 6.42 Å². The van der Waals surface area contributed by atoms with Gasteiger partial charge in [-0.15, -0.1) is 0 Å². The Morgan fingerprint density at radius 2 is 1.93 bits per heavy atom. The molecule has 27 heavy (non-hydrogen) atoms. The Kier molecular flexibility index (Phi) is 4.55. The van der Waals surface area contributed by atoms with Crippen LogP contribution in [0.5, 0.6) is 0 Å². The van der Waals surface area contributed by atoms with Crippen LogP contribution in [0.3, 0.4) is 0 Å². The van der Waals surface area contributed by atoms with Gasteiger partial charge in [0.05, 0.1) is 4.53 Å². The van der Waals surface area contributed by atoms with E-state index in [0.717, 1.165) is 21.4 Å². The summed E-state index contributed by atoms with van der Waals surface area (Å²) in [5, 5.41) is 4.78. The third-order valence-corrected chi connectivity index (χ3v) is 5.09. The van der Waals surface area contributed by atoms with Crippen LogP contribution in [0.4, 0.5) is 4.39 Å². The molecule has 0 atom stereocenters. The first kappa shape index (κ1) is 17.5. The molecule has 0 bridgehead atoms. The highest BCUT2D eigenvalue weighted by molar-refractivity contribution is 7.15. The Morgan fingerprint density at radius 1 is 1.15 bits per heavy atom. The third kappa shape index (κ3) is 3.65. The summed E-state index contributed by atoms with van der Waals surface area (Å²) in [5.41, 5.74) is 0.664. The van der Waals surface area contributed by atoms with Gasteiger partial charge in [0.2, 0.25) is 4.96 Å². The van der Waals surface area contributed by atoms with Crippen molar-refractivity contribution < 1.29 is 4.39 Å². The predicted molar refractivity (Wildman–Crippen MR) is 103 cm³/mol. The Morgan fingerprint density at radius 3 is 2.67 bits per heavy atom.